The third-order valence-electron chi connectivity index (χ3n) is 7.23. The molecule has 0 aromatic heterocycles. The highest BCUT2D eigenvalue weighted by molar-refractivity contribution is 6.12. The topological polar surface area (TPSA) is 143 Å². The van der Waals surface area contributed by atoms with E-state index in [1.54, 1.807) is 0 Å². The first-order chi connectivity index (χ1) is 22.6. The highest BCUT2D eigenvalue weighted by Crippen LogP contribution is 2.57. The maximum absolute atomic E-state index is 15.5. The quantitative estimate of drug-likeness (QED) is 0.161. The van der Waals surface area contributed by atoms with E-state index < -0.39 is 136 Å². The van der Waals surface area contributed by atoms with Crippen LogP contribution in [0.3, 0.4) is 0 Å². The summed E-state index contributed by atoms with van der Waals surface area (Å²) in [6.45, 7) is 1.50. The Morgan fingerprint density at radius 3 is 1.00 bits per heavy atom. The van der Waals surface area contributed by atoms with Crippen LogP contribution < -0.4 is 0 Å². The van der Waals surface area contributed by atoms with Crippen LogP contribution >= 0.6 is 0 Å². The van der Waals surface area contributed by atoms with E-state index in [4.69, 9.17) is 15.8 Å². The summed E-state index contributed by atoms with van der Waals surface area (Å²) in [5, 5.41) is 57.0. The number of hydrogen-bond acceptors (Lipinski definition) is 6. The summed E-state index contributed by atoms with van der Waals surface area (Å²) in [5.74, 6) is -21.5. The van der Waals surface area contributed by atoms with Crippen LogP contribution in [0.15, 0.2) is 16.7 Å². The summed E-state index contributed by atoms with van der Waals surface area (Å²) in [7, 11) is 0. The molecule has 3 aromatic carbocycles. The lowest BCUT2D eigenvalue weighted by molar-refractivity contribution is 0.447. The summed E-state index contributed by atoms with van der Waals surface area (Å²) in [5.41, 5.74) is -18.7. The number of halogens is 10. The normalized spacial score (nSPS) is 14.9. The fourth-order valence-corrected chi connectivity index (χ4v) is 4.90. The van der Waals surface area contributed by atoms with Gasteiger partial charge in [-0.25, -0.2) is 43.9 Å². The molecule has 6 nitrogen and oxygen atoms in total. The van der Waals surface area contributed by atoms with Crippen LogP contribution in [0.25, 0.3) is 16.7 Å². The van der Waals surface area contributed by atoms with Crippen LogP contribution in [0.5, 0.6) is 0 Å². The van der Waals surface area contributed by atoms with Crippen molar-refractivity contribution in [2.75, 3.05) is 0 Å². The van der Waals surface area contributed by atoms with Gasteiger partial charge in [0.1, 0.15) is 59.2 Å². The molecule has 0 radical (unpaired) electrons. The maximum Gasteiger partial charge on any atom is 0.180 e. The molecule has 0 heterocycles. The average molecular weight is 664 g/mol. The minimum absolute atomic E-state index is 0.723. The molecule has 0 saturated heterocycles. The van der Waals surface area contributed by atoms with E-state index in [-0.39, 0.29) is 0 Å². The largest absolute Gasteiger partial charge is 0.206 e. The molecule has 3 aromatic rings. The van der Waals surface area contributed by atoms with Crippen molar-refractivity contribution in [3.8, 4) is 36.4 Å². The van der Waals surface area contributed by atoms with Crippen LogP contribution in [0.2, 0.25) is 0 Å². The van der Waals surface area contributed by atoms with Crippen LogP contribution in [-0.2, 0) is 0 Å². The molecule has 16 heteroatoms. The molecule has 0 aliphatic heterocycles. The van der Waals surface area contributed by atoms with Crippen molar-refractivity contribution in [1.82, 2.24) is 0 Å². The van der Waals surface area contributed by atoms with Gasteiger partial charge in [0.05, 0.1) is 33.4 Å². The molecule has 4 rings (SSSR count). The number of benzene rings is 3. The Morgan fingerprint density at radius 1 is 0.354 bits per heavy atom. The van der Waals surface area contributed by atoms with Gasteiger partial charge in [-0.05, 0) is 19.4 Å². The summed E-state index contributed by atoms with van der Waals surface area (Å²) in [4.78, 5) is 0. The van der Waals surface area contributed by atoms with Crippen LogP contribution in [0, 0.1) is 140 Å². The van der Waals surface area contributed by atoms with E-state index in [2.05, 4.69) is 0 Å². The van der Waals surface area contributed by atoms with Gasteiger partial charge in [-0.2, -0.15) is 31.6 Å². The molecule has 234 valence electrons. The van der Waals surface area contributed by atoms with Crippen LogP contribution in [0.4, 0.5) is 43.9 Å². The highest BCUT2D eigenvalue weighted by Gasteiger charge is 2.45. The minimum Gasteiger partial charge on any atom is -0.206 e. The number of nitriles is 6. The van der Waals surface area contributed by atoms with E-state index >= 15 is 22.0 Å². The van der Waals surface area contributed by atoms with Crippen molar-refractivity contribution in [3.05, 3.63) is 119 Å². The van der Waals surface area contributed by atoms with Gasteiger partial charge in [0, 0.05) is 27.8 Å². The third-order valence-corrected chi connectivity index (χ3v) is 7.23. The van der Waals surface area contributed by atoms with Crippen molar-refractivity contribution in [2.24, 2.45) is 0 Å². The van der Waals surface area contributed by atoms with Crippen molar-refractivity contribution in [2.45, 2.75) is 13.8 Å². The Bertz CT molecular complexity index is 2060. The van der Waals surface area contributed by atoms with Gasteiger partial charge < -0.3 is 0 Å². The number of nitrogens with zero attached hydrogens (tertiary/aromatic N) is 6. The Morgan fingerprint density at radius 2 is 0.646 bits per heavy atom. The molecule has 1 aliphatic rings. The molecular formula is C32H6F10N6. The molecule has 0 N–H and O–H groups in total. The summed E-state index contributed by atoms with van der Waals surface area (Å²) in [6, 6.07) is 6.67. The predicted molar refractivity (Wildman–Crippen MR) is 140 cm³/mol. The van der Waals surface area contributed by atoms with Gasteiger partial charge in [0.15, 0.2) is 46.5 Å². The van der Waals surface area contributed by atoms with Gasteiger partial charge in [-0.3, -0.25) is 0 Å². The average Bonchev–Trinajstić information content (AvgIpc) is 3.78. The lowest BCUT2D eigenvalue weighted by Crippen LogP contribution is -2.06. The Hall–Kier alpha value is -6.88. The minimum atomic E-state index is -2.40. The Balaban J connectivity index is 2.38. The number of allylic oxidation sites excluding steroid dienone is 6. The van der Waals surface area contributed by atoms with Crippen molar-refractivity contribution < 1.29 is 43.9 Å². The van der Waals surface area contributed by atoms with Gasteiger partial charge in [0.2, 0.25) is 0 Å². The first-order valence-electron chi connectivity index (χ1n) is 12.5. The maximum atomic E-state index is 15.5. The number of hydrogen-bond donors (Lipinski definition) is 0. The third kappa shape index (κ3) is 4.60. The molecular weight excluding hydrogens is 658 g/mol. The lowest BCUT2D eigenvalue weighted by Gasteiger charge is -2.10. The standard InChI is InChI=1S/C32H6F10N6/c1-9-11(3-43)25(35)30(40)21(24(9)34)13(5-45)19-18(12(4-44)17-10(2)23(33)15(7-47)26(36)29(17)39)20(19)14(6-46)22-31(41)27(37)16(8-48)28(38)32(22)42/h1-2H3. The molecule has 48 heavy (non-hydrogen) atoms. The highest BCUT2D eigenvalue weighted by atomic mass is 19.2. The zero-order valence-corrected chi connectivity index (χ0v) is 23.5. The van der Waals surface area contributed by atoms with Crippen LogP contribution in [-0.4, -0.2) is 0 Å². The fraction of sp³-hybridized carbons (Fsp3) is 0.0625. The van der Waals surface area contributed by atoms with E-state index in [0.717, 1.165) is 32.1 Å². The van der Waals surface area contributed by atoms with Gasteiger partial charge in [-0.1, -0.05) is 0 Å². The van der Waals surface area contributed by atoms with E-state index in [0.29, 0.717) is 0 Å². The van der Waals surface area contributed by atoms with Crippen LogP contribution in [0.1, 0.15) is 44.5 Å². The first-order valence-corrected chi connectivity index (χ1v) is 12.5. The van der Waals surface area contributed by atoms with Crippen molar-refractivity contribution in [1.29, 1.82) is 31.6 Å². The summed E-state index contributed by atoms with van der Waals surface area (Å²) >= 11 is 0. The molecule has 1 fully saturated rings. The second-order valence-corrected chi connectivity index (χ2v) is 9.56. The lowest BCUT2D eigenvalue weighted by atomic mass is 9.95. The second kappa shape index (κ2) is 12.1. The molecule has 0 amide bonds. The molecule has 1 saturated carbocycles. The fourth-order valence-electron chi connectivity index (χ4n) is 4.90. The predicted octanol–water partition coefficient (Wildman–Crippen LogP) is 7.56. The SMILES string of the molecule is Cc1c(F)c(C(C#N)=C2C(=C(C#N)c3c(C)c(F)c(C#N)c(F)c3F)C2=C(C#N)c2c(F)c(F)c(C#N)c(F)c2F)c(F)c(F)c1C#N. The molecule has 0 atom stereocenters. The number of rotatable bonds is 3. The zero-order chi connectivity index (χ0) is 36.1. The van der Waals surface area contributed by atoms with Crippen molar-refractivity contribution in [3.63, 3.8) is 0 Å². The summed E-state index contributed by atoms with van der Waals surface area (Å²) < 4.78 is 150. The molecule has 0 spiro atoms. The van der Waals surface area contributed by atoms with E-state index in [1.165, 1.54) is 18.2 Å². The smallest absolute Gasteiger partial charge is 0.180 e. The molecule has 0 unspecified atom stereocenters. The second-order valence-electron chi connectivity index (χ2n) is 9.56. The van der Waals surface area contributed by atoms with E-state index in [9.17, 15) is 37.7 Å². The Labute approximate surface area is 262 Å². The van der Waals surface area contributed by atoms with E-state index in [1.807, 2.05) is 0 Å². The zero-order valence-electron chi connectivity index (χ0n) is 23.5. The monoisotopic (exact) mass is 664 g/mol. The first kappa shape index (κ1) is 34.0. The summed E-state index contributed by atoms with van der Waals surface area (Å²) in [6.07, 6.45) is 0. The van der Waals surface area contributed by atoms with Crippen molar-refractivity contribution >= 4 is 16.7 Å². The Kier molecular flexibility index (Phi) is 8.60. The molecule has 1 aliphatic carbocycles. The van der Waals surface area contributed by atoms with Gasteiger partial charge >= 0.3 is 0 Å². The molecule has 0 bridgehead atoms. The van der Waals surface area contributed by atoms with Gasteiger partial charge in [0.25, 0.3) is 0 Å². The van der Waals surface area contributed by atoms with Gasteiger partial charge in [-0.15, -0.1) is 0 Å².